The number of thioether (sulfide) groups is 1. The van der Waals surface area contributed by atoms with Gasteiger partial charge >= 0.3 is 5.97 Å². The number of para-hydroxylation sites is 1. The molecule has 0 radical (unpaired) electrons. The molecule has 1 saturated heterocycles. The normalized spacial score (nSPS) is 19.2. The maximum Gasteiger partial charge on any atom is 0.344 e. The van der Waals surface area contributed by atoms with Gasteiger partial charge in [0.25, 0.3) is 11.6 Å². The molecule has 1 N–H and O–H groups in total. The summed E-state index contributed by atoms with van der Waals surface area (Å²) in [6, 6.07) is 10.8. The average Bonchev–Trinajstić information content (AvgIpc) is 3.23. The number of amides is 2. The number of carbonyl (C=O) groups excluding carboxylic acids is 3. The molecule has 0 spiro atoms. The van der Waals surface area contributed by atoms with Crippen LogP contribution in [0.1, 0.15) is 12.8 Å². The predicted octanol–water partition coefficient (Wildman–Crippen LogP) is 3.36. The van der Waals surface area contributed by atoms with Crippen LogP contribution in [0, 0.1) is 10.1 Å². The Balaban J connectivity index is 1.45. The minimum Gasteiger partial charge on any atom is -0.453 e. The molecule has 30 heavy (non-hydrogen) atoms. The number of ether oxygens (including phenoxy) is 1. The van der Waals surface area contributed by atoms with Crippen LogP contribution in [0.2, 0.25) is 5.02 Å². The molecule has 0 saturated carbocycles. The zero-order valence-electron chi connectivity index (χ0n) is 15.3. The number of nitrogens with one attached hydrogen (secondary N) is 1. The van der Waals surface area contributed by atoms with E-state index in [1.54, 1.807) is 12.1 Å². The molecule has 2 aliphatic heterocycles. The number of rotatable bonds is 5. The van der Waals surface area contributed by atoms with E-state index < -0.39 is 28.3 Å². The Hall–Kier alpha value is -3.11. The number of fused-ring (bicyclic) bond motifs is 3. The highest BCUT2D eigenvalue weighted by atomic mass is 35.5. The quantitative estimate of drug-likeness (QED) is 0.424. The second-order valence-corrected chi connectivity index (χ2v) is 8.36. The fourth-order valence-corrected chi connectivity index (χ4v) is 5.00. The first kappa shape index (κ1) is 20.2. The number of non-ortho nitro benzene ring substituents is 1. The van der Waals surface area contributed by atoms with E-state index in [0.717, 1.165) is 11.0 Å². The number of hydrogen-bond acceptors (Lipinski definition) is 7. The highest BCUT2D eigenvalue weighted by Crippen LogP contribution is 2.56. The second kappa shape index (κ2) is 7.62. The standard InChI is InChI=1S/C19H14ClN3O6S/c20-12-6-5-11(23(27)28)9-13(12)21-16(24)10-29-18(26)19-8-7-17(25)22(19)14-3-1-2-4-15(14)30-19/h1-6,9H,7-8,10H2,(H,21,24)/t19-/m0/s1. The topological polar surface area (TPSA) is 119 Å². The number of nitro groups is 1. The Kier molecular flexibility index (Phi) is 5.12. The fraction of sp³-hybridized carbons (Fsp3) is 0.211. The molecule has 4 rings (SSSR count). The lowest BCUT2D eigenvalue weighted by molar-refractivity contribution is -0.384. The SMILES string of the molecule is O=C(COC(=O)[C@@]12CCC(=O)N1c1ccccc1S2)Nc1cc([N+](=O)[O-])ccc1Cl. The van der Waals surface area contributed by atoms with Gasteiger partial charge in [0, 0.05) is 29.9 Å². The number of benzene rings is 2. The highest BCUT2D eigenvalue weighted by Gasteiger charge is 2.58. The molecular formula is C19H14ClN3O6S. The molecule has 2 amide bonds. The van der Waals surface area contributed by atoms with Gasteiger partial charge in [-0.3, -0.25) is 24.6 Å². The van der Waals surface area contributed by atoms with E-state index in [-0.39, 0.29) is 35.1 Å². The maximum absolute atomic E-state index is 12.9. The Morgan fingerprint density at radius 2 is 2.07 bits per heavy atom. The summed E-state index contributed by atoms with van der Waals surface area (Å²) in [6.07, 6.45) is 0.467. The van der Waals surface area contributed by atoms with Crippen LogP contribution in [0.25, 0.3) is 0 Å². The van der Waals surface area contributed by atoms with Gasteiger partial charge in [-0.15, -0.1) is 0 Å². The molecule has 154 valence electrons. The first-order valence-electron chi connectivity index (χ1n) is 8.84. The molecule has 1 atom stereocenters. The Bertz CT molecular complexity index is 1090. The van der Waals surface area contributed by atoms with E-state index in [2.05, 4.69) is 5.32 Å². The van der Waals surface area contributed by atoms with E-state index in [1.807, 2.05) is 12.1 Å². The van der Waals surface area contributed by atoms with E-state index in [9.17, 15) is 24.5 Å². The van der Waals surface area contributed by atoms with Gasteiger partial charge in [-0.25, -0.2) is 4.79 Å². The van der Waals surface area contributed by atoms with Crippen molar-refractivity contribution in [2.45, 2.75) is 22.6 Å². The van der Waals surface area contributed by atoms with Gasteiger partial charge in [0.15, 0.2) is 11.5 Å². The third kappa shape index (κ3) is 3.37. The third-order valence-corrected chi connectivity index (χ3v) is 6.55. The van der Waals surface area contributed by atoms with Crippen LogP contribution in [0.3, 0.4) is 0 Å². The van der Waals surface area contributed by atoms with Crippen molar-refractivity contribution < 1.29 is 24.0 Å². The van der Waals surface area contributed by atoms with Crippen LogP contribution in [0.5, 0.6) is 0 Å². The molecule has 2 aliphatic rings. The summed E-state index contributed by atoms with van der Waals surface area (Å²) in [5, 5.41) is 13.4. The van der Waals surface area contributed by atoms with E-state index in [1.165, 1.54) is 28.8 Å². The first-order valence-corrected chi connectivity index (χ1v) is 10.0. The molecule has 11 heteroatoms. The van der Waals surface area contributed by atoms with Crippen molar-refractivity contribution in [1.82, 2.24) is 0 Å². The summed E-state index contributed by atoms with van der Waals surface area (Å²) < 4.78 is 5.22. The minimum atomic E-state index is -1.23. The smallest absolute Gasteiger partial charge is 0.344 e. The van der Waals surface area contributed by atoms with Crippen LogP contribution in [0.4, 0.5) is 17.1 Å². The fourth-order valence-electron chi connectivity index (χ4n) is 3.42. The van der Waals surface area contributed by atoms with Gasteiger partial charge in [0.05, 0.1) is 21.3 Å². The summed E-state index contributed by atoms with van der Waals surface area (Å²) in [4.78, 5) is 48.8. The maximum atomic E-state index is 12.9. The lowest BCUT2D eigenvalue weighted by Crippen LogP contribution is -2.48. The second-order valence-electron chi connectivity index (χ2n) is 6.63. The van der Waals surface area contributed by atoms with Crippen LogP contribution < -0.4 is 10.2 Å². The highest BCUT2D eigenvalue weighted by molar-refractivity contribution is 8.02. The van der Waals surface area contributed by atoms with Crippen LogP contribution in [-0.4, -0.2) is 34.2 Å². The average molecular weight is 448 g/mol. The minimum absolute atomic E-state index is 0.0328. The van der Waals surface area contributed by atoms with Crippen LogP contribution >= 0.6 is 23.4 Å². The van der Waals surface area contributed by atoms with Crippen molar-refractivity contribution >= 4 is 58.2 Å². The molecule has 9 nitrogen and oxygen atoms in total. The zero-order valence-corrected chi connectivity index (χ0v) is 16.9. The summed E-state index contributed by atoms with van der Waals surface area (Å²) in [6.45, 7) is -0.626. The van der Waals surface area contributed by atoms with Gasteiger partial charge < -0.3 is 10.1 Å². The molecule has 0 aromatic heterocycles. The molecule has 2 aromatic rings. The van der Waals surface area contributed by atoms with Crippen LogP contribution in [-0.2, 0) is 19.1 Å². The zero-order chi connectivity index (χ0) is 21.5. The third-order valence-electron chi connectivity index (χ3n) is 4.76. The van der Waals surface area contributed by atoms with Crippen LogP contribution in [0.15, 0.2) is 47.4 Å². The van der Waals surface area contributed by atoms with Crippen molar-refractivity contribution in [3.05, 3.63) is 57.6 Å². The molecule has 2 heterocycles. The van der Waals surface area contributed by atoms with Crippen molar-refractivity contribution in [1.29, 1.82) is 0 Å². The number of halogens is 1. The van der Waals surface area contributed by atoms with Gasteiger partial charge in [0.1, 0.15) is 0 Å². The summed E-state index contributed by atoms with van der Waals surface area (Å²) in [7, 11) is 0. The number of carbonyl (C=O) groups is 3. The van der Waals surface area contributed by atoms with Crippen molar-refractivity contribution in [3.8, 4) is 0 Å². The summed E-state index contributed by atoms with van der Waals surface area (Å²) in [5.74, 6) is -1.59. The van der Waals surface area contributed by atoms with E-state index in [4.69, 9.17) is 16.3 Å². The van der Waals surface area contributed by atoms with E-state index in [0.29, 0.717) is 5.69 Å². The number of anilines is 2. The Morgan fingerprint density at radius 3 is 2.83 bits per heavy atom. The first-order chi connectivity index (χ1) is 14.3. The number of esters is 1. The number of nitrogens with zero attached hydrogens (tertiary/aromatic N) is 2. The van der Waals surface area contributed by atoms with Gasteiger partial charge in [0.2, 0.25) is 5.91 Å². The lowest BCUT2D eigenvalue weighted by atomic mass is 10.2. The van der Waals surface area contributed by atoms with Crippen molar-refractivity contribution in [2.24, 2.45) is 0 Å². The van der Waals surface area contributed by atoms with Gasteiger partial charge in [-0.2, -0.15) is 0 Å². The summed E-state index contributed by atoms with van der Waals surface area (Å²) in [5.41, 5.74) is 0.436. The number of nitro benzene ring substituents is 1. The summed E-state index contributed by atoms with van der Waals surface area (Å²) >= 11 is 7.19. The predicted molar refractivity (Wildman–Crippen MR) is 109 cm³/mol. The molecular weight excluding hydrogens is 434 g/mol. The lowest BCUT2D eigenvalue weighted by Gasteiger charge is -2.28. The van der Waals surface area contributed by atoms with Crippen molar-refractivity contribution in [2.75, 3.05) is 16.8 Å². The van der Waals surface area contributed by atoms with Gasteiger partial charge in [-0.1, -0.05) is 35.5 Å². The monoisotopic (exact) mass is 447 g/mol. The largest absolute Gasteiger partial charge is 0.453 e. The Labute approximate surface area is 179 Å². The number of hydrogen-bond donors (Lipinski definition) is 1. The van der Waals surface area contributed by atoms with Gasteiger partial charge in [-0.05, 0) is 18.2 Å². The molecule has 1 fully saturated rings. The van der Waals surface area contributed by atoms with Crippen molar-refractivity contribution in [3.63, 3.8) is 0 Å². The molecule has 2 aromatic carbocycles. The molecule has 0 unspecified atom stereocenters. The molecule has 0 bridgehead atoms. The molecule has 0 aliphatic carbocycles. The Morgan fingerprint density at radius 1 is 1.30 bits per heavy atom. The van der Waals surface area contributed by atoms with E-state index >= 15 is 0 Å².